The summed E-state index contributed by atoms with van der Waals surface area (Å²) in [7, 11) is 0. The minimum absolute atomic E-state index is 0.0352. The summed E-state index contributed by atoms with van der Waals surface area (Å²) in [5.74, 6) is -0.254. The number of amides is 2. The monoisotopic (exact) mass is 342 g/mol. The molecule has 0 radical (unpaired) electrons. The Balaban J connectivity index is 2.11. The predicted octanol–water partition coefficient (Wildman–Crippen LogP) is 3.59. The van der Waals surface area contributed by atoms with Gasteiger partial charge in [-0.2, -0.15) is 0 Å². The third-order valence-corrected chi connectivity index (χ3v) is 4.54. The molecule has 23 heavy (non-hydrogen) atoms. The van der Waals surface area contributed by atoms with Gasteiger partial charge in [0.15, 0.2) is 0 Å². The Labute approximate surface area is 141 Å². The zero-order valence-electron chi connectivity index (χ0n) is 13.6. The summed E-state index contributed by atoms with van der Waals surface area (Å²) in [5, 5.41) is 12.5. The lowest BCUT2D eigenvalue weighted by Gasteiger charge is -2.34. The molecule has 0 saturated carbocycles. The zero-order valence-corrected chi connectivity index (χ0v) is 14.3. The largest absolute Gasteiger partial charge is 0.396 e. The second kappa shape index (κ2) is 7.97. The van der Waals surface area contributed by atoms with E-state index < -0.39 is 11.9 Å². The summed E-state index contributed by atoms with van der Waals surface area (Å²) in [6.07, 6.45) is 1.81. The number of nitrogens with zero attached hydrogens (tertiary/aromatic N) is 1. The molecule has 0 unspecified atom stereocenters. The number of benzene rings is 1. The van der Waals surface area contributed by atoms with Crippen molar-refractivity contribution in [2.45, 2.75) is 32.7 Å². The summed E-state index contributed by atoms with van der Waals surface area (Å²) in [4.78, 5) is 14.2. The molecule has 0 bridgehead atoms. The maximum Gasteiger partial charge on any atom is 0.317 e. The van der Waals surface area contributed by atoms with Crippen LogP contribution in [0.4, 0.5) is 9.18 Å². The Kier molecular flexibility index (Phi) is 6.25. The molecular formula is C17H24ClFN2O2. The van der Waals surface area contributed by atoms with E-state index in [1.807, 2.05) is 13.8 Å². The molecule has 4 nitrogen and oxygen atoms in total. The van der Waals surface area contributed by atoms with Gasteiger partial charge in [0.1, 0.15) is 5.82 Å². The number of nitrogens with one attached hydrogen (secondary N) is 1. The topological polar surface area (TPSA) is 52.6 Å². The third kappa shape index (κ3) is 4.58. The second-order valence-corrected chi connectivity index (χ2v) is 6.91. The van der Waals surface area contributed by atoms with Crippen molar-refractivity contribution in [3.05, 3.63) is 34.6 Å². The number of halogens is 2. The van der Waals surface area contributed by atoms with E-state index in [0.717, 1.165) is 12.8 Å². The lowest BCUT2D eigenvalue weighted by atomic mass is 9.95. The number of rotatable bonds is 4. The molecule has 1 saturated heterocycles. The highest BCUT2D eigenvalue weighted by Gasteiger charge is 2.27. The molecule has 1 fully saturated rings. The number of aliphatic hydroxyl groups is 1. The maximum absolute atomic E-state index is 14.2. The molecule has 6 heteroatoms. The van der Waals surface area contributed by atoms with E-state index in [4.69, 9.17) is 11.6 Å². The van der Waals surface area contributed by atoms with Crippen LogP contribution in [0.25, 0.3) is 0 Å². The van der Waals surface area contributed by atoms with Gasteiger partial charge in [0, 0.05) is 30.3 Å². The normalized spacial score (nSPS) is 19.7. The average Bonchev–Trinajstić information content (AvgIpc) is 2.53. The van der Waals surface area contributed by atoms with Crippen LogP contribution in [0.2, 0.25) is 5.02 Å². The number of urea groups is 1. The highest BCUT2D eigenvalue weighted by Crippen LogP contribution is 2.27. The molecule has 0 aromatic heterocycles. The van der Waals surface area contributed by atoms with Gasteiger partial charge >= 0.3 is 6.03 Å². The van der Waals surface area contributed by atoms with Gasteiger partial charge < -0.3 is 15.3 Å². The lowest BCUT2D eigenvalue weighted by molar-refractivity contribution is 0.126. The van der Waals surface area contributed by atoms with Crippen molar-refractivity contribution in [3.63, 3.8) is 0 Å². The molecule has 2 atom stereocenters. The SMILES string of the molecule is CC(C)[C@H](NC(=O)N1CCC[C@@H](CO)C1)c1ccc(Cl)cc1F. The van der Waals surface area contributed by atoms with Crippen LogP contribution >= 0.6 is 11.6 Å². The number of hydrogen-bond donors (Lipinski definition) is 2. The molecule has 1 aliphatic heterocycles. The summed E-state index contributed by atoms with van der Waals surface area (Å²) in [6, 6.07) is 3.88. The molecule has 0 spiro atoms. The van der Waals surface area contributed by atoms with Crippen LogP contribution in [0.5, 0.6) is 0 Å². The van der Waals surface area contributed by atoms with E-state index in [1.165, 1.54) is 6.07 Å². The van der Waals surface area contributed by atoms with Crippen molar-refractivity contribution < 1.29 is 14.3 Å². The van der Waals surface area contributed by atoms with Gasteiger partial charge in [-0.05, 0) is 36.8 Å². The molecule has 2 rings (SSSR count). The van der Waals surface area contributed by atoms with Crippen LogP contribution in [0.15, 0.2) is 18.2 Å². The predicted molar refractivity (Wildman–Crippen MR) is 88.9 cm³/mol. The van der Waals surface area contributed by atoms with E-state index in [1.54, 1.807) is 17.0 Å². The van der Waals surface area contributed by atoms with Gasteiger partial charge in [0.05, 0.1) is 6.04 Å². The van der Waals surface area contributed by atoms with E-state index in [-0.39, 0.29) is 24.5 Å². The summed E-state index contributed by atoms with van der Waals surface area (Å²) < 4.78 is 14.2. The van der Waals surface area contributed by atoms with Crippen molar-refractivity contribution in [3.8, 4) is 0 Å². The Morgan fingerprint density at radius 1 is 1.52 bits per heavy atom. The number of aliphatic hydroxyl groups excluding tert-OH is 1. The van der Waals surface area contributed by atoms with E-state index >= 15 is 0 Å². The quantitative estimate of drug-likeness (QED) is 0.878. The van der Waals surface area contributed by atoms with Gasteiger partial charge in [-0.1, -0.05) is 31.5 Å². The van der Waals surface area contributed by atoms with Gasteiger partial charge in [-0.3, -0.25) is 0 Å². The van der Waals surface area contributed by atoms with Gasteiger partial charge in [0.2, 0.25) is 0 Å². The standard InChI is InChI=1S/C17H24ClFN2O2/c1-11(2)16(14-6-5-13(18)8-15(14)19)20-17(23)21-7-3-4-12(9-21)10-22/h5-6,8,11-12,16,22H,3-4,7,9-10H2,1-2H3,(H,20,23)/t12-,16+/m1/s1. The van der Waals surface area contributed by atoms with Crippen molar-refractivity contribution in [1.82, 2.24) is 10.2 Å². The molecule has 2 amide bonds. The Morgan fingerprint density at radius 2 is 2.26 bits per heavy atom. The molecule has 1 aliphatic rings. The van der Waals surface area contributed by atoms with Gasteiger partial charge in [-0.25, -0.2) is 9.18 Å². The fourth-order valence-corrected chi connectivity index (χ4v) is 3.14. The third-order valence-electron chi connectivity index (χ3n) is 4.31. The second-order valence-electron chi connectivity index (χ2n) is 6.47. The highest BCUT2D eigenvalue weighted by atomic mass is 35.5. The molecular weight excluding hydrogens is 319 g/mol. The smallest absolute Gasteiger partial charge is 0.317 e. The molecule has 2 N–H and O–H groups in total. The highest BCUT2D eigenvalue weighted by molar-refractivity contribution is 6.30. The maximum atomic E-state index is 14.2. The summed E-state index contributed by atoms with van der Waals surface area (Å²) >= 11 is 5.80. The van der Waals surface area contributed by atoms with Crippen LogP contribution < -0.4 is 5.32 Å². The first kappa shape index (κ1) is 18.0. The minimum Gasteiger partial charge on any atom is -0.396 e. The van der Waals surface area contributed by atoms with E-state index in [0.29, 0.717) is 23.7 Å². The van der Waals surface area contributed by atoms with Crippen LogP contribution in [-0.4, -0.2) is 35.7 Å². The number of likely N-dealkylation sites (tertiary alicyclic amines) is 1. The number of carbonyl (C=O) groups is 1. The molecule has 1 heterocycles. The first-order valence-electron chi connectivity index (χ1n) is 8.03. The van der Waals surface area contributed by atoms with Crippen molar-refractivity contribution in [1.29, 1.82) is 0 Å². The van der Waals surface area contributed by atoms with E-state index in [2.05, 4.69) is 5.32 Å². The first-order valence-corrected chi connectivity index (χ1v) is 8.41. The Bertz CT molecular complexity index is 553. The Hall–Kier alpha value is -1.33. The Morgan fingerprint density at radius 3 is 2.87 bits per heavy atom. The van der Waals surface area contributed by atoms with Gasteiger partial charge in [-0.15, -0.1) is 0 Å². The molecule has 128 valence electrons. The summed E-state index contributed by atoms with van der Waals surface area (Å²) in [5.41, 5.74) is 0.438. The number of hydrogen-bond acceptors (Lipinski definition) is 2. The summed E-state index contributed by atoms with van der Waals surface area (Å²) in [6.45, 7) is 5.16. The van der Waals surface area contributed by atoms with Crippen LogP contribution in [0.3, 0.4) is 0 Å². The lowest BCUT2D eigenvalue weighted by Crippen LogP contribution is -2.48. The number of piperidine rings is 1. The minimum atomic E-state index is -0.422. The van der Waals surface area contributed by atoms with Crippen LogP contribution in [0.1, 0.15) is 38.3 Å². The fraction of sp³-hybridized carbons (Fsp3) is 0.588. The molecule has 1 aromatic carbocycles. The van der Waals surface area contributed by atoms with Crippen molar-refractivity contribution >= 4 is 17.6 Å². The molecule has 0 aliphatic carbocycles. The van der Waals surface area contributed by atoms with Crippen LogP contribution in [0, 0.1) is 17.7 Å². The average molecular weight is 343 g/mol. The first-order chi connectivity index (χ1) is 10.9. The zero-order chi connectivity index (χ0) is 17.0. The van der Waals surface area contributed by atoms with Crippen LogP contribution in [-0.2, 0) is 0 Å². The van der Waals surface area contributed by atoms with Gasteiger partial charge in [0.25, 0.3) is 0 Å². The molecule has 1 aromatic rings. The van der Waals surface area contributed by atoms with Crippen molar-refractivity contribution in [2.75, 3.05) is 19.7 Å². The van der Waals surface area contributed by atoms with Crippen molar-refractivity contribution in [2.24, 2.45) is 11.8 Å². The number of carbonyl (C=O) groups excluding carboxylic acids is 1. The fourth-order valence-electron chi connectivity index (χ4n) is 2.98. The van der Waals surface area contributed by atoms with E-state index in [9.17, 15) is 14.3 Å².